The Morgan fingerprint density at radius 1 is 1.29 bits per heavy atom. The Labute approximate surface area is 107 Å². The zero-order valence-corrected chi connectivity index (χ0v) is 11.7. The first-order valence-corrected chi connectivity index (χ1v) is 7.09. The molecule has 0 radical (unpaired) electrons. The van der Waals surface area contributed by atoms with Crippen LogP contribution in [0.1, 0.15) is 24.7 Å². The van der Waals surface area contributed by atoms with Gasteiger partial charge in [0.2, 0.25) is 0 Å². The van der Waals surface area contributed by atoms with E-state index in [1.165, 1.54) is 0 Å². The van der Waals surface area contributed by atoms with Crippen LogP contribution in [-0.2, 0) is 0 Å². The highest BCUT2D eigenvalue weighted by atomic mass is 32.2. The molecule has 0 saturated carbocycles. The molecule has 0 bridgehead atoms. The summed E-state index contributed by atoms with van der Waals surface area (Å²) in [6.45, 7) is 5.99. The van der Waals surface area contributed by atoms with Crippen LogP contribution in [0.15, 0.2) is 0 Å². The Kier molecular flexibility index (Phi) is 5.50. The van der Waals surface area contributed by atoms with Gasteiger partial charge in [-0.1, -0.05) is 6.92 Å². The maximum absolute atomic E-state index is 5.44. The number of nitrogen functional groups attached to an aromatic ring is 1. The second-order valence-electron chi connectivity index (χ2n) is 3.94. The van der Waals surface area contributed by atoms with Gasteiger partial charge in [0, 0.05) is 17.4 Å². The fraction of sp³-hybridized carbons (Fsp3) is 0.636. The van der Waals surface area contributed by atoms with E-state index >= 15 is 0 Å². The largest absolute Gasteiger partial charge is 0.366 e. The molecule has 0 aliphatic rings. The Morgan fingerprint density at radius 2 is 1.94 bits per heavy atom. The summed E-state index contributed by atoms with van der Waals surface area (Å²) in [6.07, 6.45) is 3.17. The number of hydrogen-bond acceptors (Lipinski definition) is 6. The number of nitrogens with two attached hydrogens (primary N) is 1. The van der Waals surface area contributed by atoms with Crippen molar-refractivity contribution in [2.24, 2.45) is 5.84 Å². The van der Waals surface area contributed by atoms with E-state index in [1.54, 1.807) is 0 Å². The second-order valence-corrected chi connectivity index (χ2v) is 4.85. The molecule has 17 heavy (non-hydrogen) atoms. The Morgan fingerprint density at radius 3 is 2.47 bits per heavy atom. The summed E-state index contributed by atoms with van der Waals surface area (Å²) in [5.41, 5.74) is 3.56. The predicted octanol–water partition coefficient (Wildman–Crippen LogP) is 1.93. The maximum Gasteiger partial charge on any atom is 0.148 e. The fourth-order valence-corrected chi connectivity index (χ4v) is 2.29. The molecule has 0 aromatic carbocycles. The Bertz CT molecular complexity index is 369. The highest BCUT2D eigenvalue weighted by Gasteiger charge is 2.12. The zero-order chi connectivity index (χ0) is 12.8. The van der Waals surface area contributed by atoms with Gasteiger partial charge in [0.05, 0.1) is 0 Å². The minimum absolute atomic E-state index is 0.420. The predicted molar refractivity (Wildman–Crippen MR) is 75.4 cm³/mol. The minimum atomic E-state index is 0.420. The molecule has 1 atom stereocenters. The van der Waals surface area contributed by atoms with Gasteiger partial charge in [0.15, 0.2) is 0 Å². The lowest BCUT2D eigenvalue weighted by atomic mass is 10.2. The van der Waals surface area contributed by atoms with Crippen LogP contribution in [0.25, 0.3) is 0 Å². The SMILES string of the molecule is CCC(CSC)Nc1nc(C)nc(NN)c1C. The third-order valence-electron chi connectivity index (χ3n) is 2.60. The molecular weight excluding hydrogens is 234 g/mol. The van der Waals surface area contributed by atoms with E-state index in [9.17, 15) is 0 Å². The molecule has 0 saturated heterocycles. The van der Waals surface area contributed by atoms with E-state index in [-0.39, 0.29) is 0 Å². The number of nitrogens with one attached hydrogen (secondary N) is 2. The minimum Gasteiger partial charge on any atom is -0.366 e. The number of anilines is 2. The quantitative estimate of drug-likeness (QED) is 0.533. The standard InChI is InChI=1S/C11H21N5S/c1-5-9(6-17-4)15-10-7(2)11(16-12)14-8(3)13-10/h9H,5-6,12H2,1-4H3,(H2,13,14,15,16). The Balaban J connectivity index is 2.92. The van der Waals surface area contributed by atoms with Crippen molar-refractivity contribution in [1.82, 2.24) is 9.97 Å². The molecule has 1 aromatic rings. The number of hydrogen-bond donors (Lipinski definition) is 3. The highest BCUT2D eigenvalue weighted by molar-refractivity contribution is 7.98. The number of thioether (sulfide) groups is 1. The van der Waals surface area contributed by atoms with E-state index in [0.29, 0.717) is 17.7 Å². The number of rotatable bonds is 6. The number of hydrazine groups is 1. The Hall–Kier alpha value is -1.01. The average molecular weight is 255 g/mol. The summed E-state index contributed by atoms with van der Waals surface area (Å²) in [5, 5.41) is 3.45. The van der Waals surface area contributed by atoms with Crippen LogP contribution in [0.2, 0.25) is 0 Å². The summed E-state index contributed by atoms with van der Waals surface area (Å²) in [5.74, 6) is 8.76. The van der Waals surface area contributed by atoms with E-state index in [1.807, 2.05) is 25.6 Å². The van der Waals surface area contributed by atoms with E-state index < -0.39 is 0 Å². The van der Waals surface area contributed by atoms with Crippen molar-refractivity contribution in [2.45, 2.75) is 33.2 Å². The second kappa shape index (κ2) is 6.66. The molecule has 0 fully saturated rings. The zero-order valence-electron chi connectivity index (χ0n) is 10.9. The van der Waals surface area contributed by atoms with Crippen LogP contribution in [0.4, 0.5) is 11.6 Å². The van der Waals surface area contributed by atoms with Gasteiger partial charge in [0.1, 0.15) is 17.5 Å². The van der Waals surface area contributed by atoms with Crippen LogP contribution >= 0.6 is 11.8 Å². The smallest absolute Gasteiger partial charge is 0.148 e. The lowest BCUT2D eigenvalue weighted by molar-refractivity contribution is 0.766. The molecule has 6 heteroatoms. The summed E-state index contributed by atoms with van der Waals surface area (Å²) < 4.78 is 0. The molecule has 1 aromatic heterocycles. The van der Waals surface area contributed by atoms with Crippen molar-refractivity contribution in [2.75, 3.05) is 22.8 Å². The van der Waals surface area contributed by atoms with Crippen LogP contribution in [0.5, 0.6) is 0 Å². The normalized spacial score (nSPS) is 12.3. The molecule has 1 unspecified atom stereocenters. The lowest BCUT2D eigenvalue weighted by Gasteiger charge is -2.19. The van der Waals surface area contributed by atoms with Gasteiger partial charge < -0.3 is 10.7 Å². The first kappa shape index (κ1) is 14.1. The summed E-state index contributed by atoms with van der Waals surface area (Å²) >= 11 is 1.83. The van der Waals surface area contributed by atoms with Gasteiger partial charge in [-0.25, -0.2) is 15.8 Å². The van der Waals surface area contributed by atoms with Crippen molar-refractivity contribution in [1.29, 1.82) is 0 Å². The number of aromatic nitrogens is 2. The first-order chi connectivity index (χ1) is 8.12. The molecular formula is C11H21N5S. The molecule has 0 spiro atoms. The van der Waals surface area contributed by atoms with Crippen LogP contribution in [0.3, 0.4) is 0 Å². The van der Waals surface area contributed by atoms with Gasteiger partial charge in [-0.2, -0.15) is 11.8 Å². The maximum atomic E-state index is 5.44. The molecule has 96 valence electrons. The molecule has 5 nitrogen and oxygen atoms in total. The molecule has 0 aliphatic carbocycles. The summed E-state index contributed by atoms with van der Waals surface area (Å²) in [7, 11) is 0. The van der Waals surface area contributed by atoms with E-state index in [2.05, 4.69) is 33.9 Å². The molecule has 1 heterocycles. The van der Waals surface area contributed by atoms with Crippen molar-refractivity contribution in [3.05, 3.63) is 11.4 Å². The molecule has 4 N–H and O–H groups in total. The summed E-state index contributed by atoms with van der Waals surface area (Å²) in [6, 6.07) is 0.420. The van der Waals surface area contributed by atoms with Gasteiger partial charge >= 0.3 is 0 Å². The first-order valence-electron chi connectivity index (χ1n) is 5.69. The highest BCUT2D eigenvalue weighted by Crippen LogP contribution is 2.20. The lowest BCUT2D eigenvalue weighted by Crippen LogP contribution is -2.23. The number of nitrogens with zero attached hydrogens (tertiary/aromatic N) is 2. The van der Waals surface area contributed by atoms with E-state index in [0.717, 1.165) is 23.6 Å². The van der Waals surface area contributed by atoms with Crippen molar-refractivity contribution in [3.63, 3.8) is 0 Å². The molecule has 1 rings (SSSR count). The number of aryl methyl sites for hydroxylation is 1. The van der Waals surface area contributed by atoms with Gasteiger partial charge in [-0.05, 0) is 26.5 Å². The van der Waals surface area contributed by atoms with Gasteiger partial charge in [-0.15, -0.1) is 0 Å². The van der Waals surface area contributed by atoms with Crippen molar-refractivity contribution < 1.29 is 0 Å². The molecule has 0 aliphatic heterocycles. The fourth-order valence-electron chi connectivity index (χ4n) is 1.57. The topological polar surface area (TPSA) is 75.9 Å². The summed E-state index contributed by atoms with van der Waals surface area (Å²) in [4.78, 5) is 8.66. The van der Waals surface area contributed by atoms with Crippen LogP contribution in [-0.4, -0.2) is 28.0 Å². The third-order valence-corrected chi connectivity index (χ3v) is 3.33. The van der Waals surface area contributed by atoms with Crippen LogP contribution < -0.4 is 16.6 Å². The van der Waals surface area contributed by atoms with Crippen molar-refractivity contribution >= 4 is 23.4 Å². The monoisotopic (exact) mass is 255 g/mol. The van der Waals surface area contributed by atoms with Gasteiger partial charge in [-0.3, -0.25) is 0 Å². The average Bonchev–Trinajstić information content (AvgIpc) is 2.32. The van der Waals surface area contributed by atoms with Gasteiger partial charge in [0.25, 0.3) is 0 Å². The van der Waals surface area contributed by atoms with Crippen LogP contribution in [0, 0.1) is 13.8 Å². The van der Waals surface area contributed by atoms with E-state index in [4.69, 9.17) is 5.84 Å². The molecule has 0 amide bonds. The van der Waals surface area contributed by atoms with Crippen molar-refractivity contribution in [3.8, 4) is 0 Å². The third kappa shape index (κ3) is 3.74.